The molecular weight excluding hydrogens is 356 g/mol. The van der Waals surface area contributed by atoms with Gasteiger partial charge in [0.2, 0.25) is 0 Å². The van der Waals surface area contributed by atoms with Crippen molar-refractivity contribution >= 4 is 17.5 Å². The van der Waals surface area contributed by atoms with E-state index < -0.39 is 29.9 Å². The predicted molar refractivity (Wildman–Crippen MR) is 75.0 cm³/mol. The number of urea groups is 1. The fourth-order valence-electron chi connectivity index (χ4n) is 1.69. The van der Waals surface area contributed by atoms with E-state index >= 15 is 0 Å². The van der Waals surface area contributed by atoms with Crippen LogP contribution < -0.4 is 15.4 Å². The van der Waals surface area contributed by atoms with Gasteiger partial charge in [-0.3, -0.25) is 5.32 Å². The lowest BCUT2D eigenvalue weighted by atomic mass is 10.2. The van der Waals surface area contributed by atoms with Crippen molar-refractivity contribution < 1.29 is 35.9 Å². The quantitative estimate of drug-likeness (QED) is 0.779. The smallest absolute Gasteiger partial charge is 0.406 e. The lowest BCUT2D eigenvalue weighted by Crippen LogP contribution is -2.20. The summed E-state index contributed by atoms with van der Waals surface area (Å²) in [4.78, 5) is 15.3. The summed E-state index contributed by atoms with van der Waals surface area (Å²) in [6.45, 7) is 0. The number of halogens is 6. The number of anilines is 2. The third-order valence-corrected chi connectivity index (χ3v) is 2.67. The Hall–Kier alpha value is -2.98. The molecule has 0 saturated heterocycles. The van der Waals surface area contributed by atoms with Gasteiger partial charge in [-0.1, -0.05) is 0 Å². The maximum atomic E-state index is 12.6. The Morgan fingerprint density at radius 3 is 2.16 bits per heavy atom. The topological polar surface area (TPSA) is 63.2 Å². The maximum absolute atomic E-state index is 12.6. The third-order valence-electron chi connectivity index (χ3n) is 2.67. The second-order valence-corrected chi connectivity index (χ2v) is 4.58. The van der Waals surface area contributed by atoms with Gasteiger partial charge in [-0.2, -0.15) is 13.2 Å². The summed E-state index contributed by atoms with van der Waals surface area (Å²) in [6.07, 6.45) is -8.56. The van der Waals surface area contributed by atoms with E-state index in [0.717, 1.165) is 36.5 Å². The summed E-state index contributed by atoms with van der Waals surface area (Å²) >= 11 is 0. The number of rotatable bonds is 3. The highest BCUT2D eigenvalue weighted by molar-refractivity contribution is 5.99. The molecule has 0 bridgehead atoms. The monoisotopic (exact) mass is 365 g/mol. The van der Waals surface area contributed by atoms with Gasteiger partial charge in [0.15, 0.2) is 0 Å². The lowest BCUT2D eigenvalue weighted by molar-refractivity contribution is -0.274. The van der Waals surface area contributed by atoms with Crippen molar-refractivity contribution in [2.75, 3.05) is 10.6 Å². The molecule has 0 aliphatic heterocycles. The van der Waals surface area contributed by atoms with Crippen molar-refractivity contribution in [1.29, 1.82) is 0 Å². The lowest BCUT2D eigenvalue weighted by Gasteiger charge is -2.11. The summed E-state index contributed by atoms with van der Waals surface area (Å²) < 4.78 is 77.4. The van der Waals surface area contributed by atoms with E-state index in [0.29, 0.717) is 6.07 Å². The molecular formula is C14H9F6N3O2. The van der Waals surface area contributed by atoms with E-state index in [1.54, 1.807) is 0 Å². The zero-order valence-electron chi connectivity index (χ0n) is 12.1. The van der Waals surface area contributed by atoms with Crippen LogP contribution >= 0.6 is 0 Å². The number of aromatic nitrogens is 1. The molecule has 1 aromatic heterocycles. The van der Waals surface area contributed by atoms with E-state index in [1.807, 2.05) is 0 Å². The van der Waals surface area contributed by atoms with Crippen molar-refractivity contribution in [3.63, 3.8) is 0 Å². The highest BCUT2D eigenvalue weighted by atomic mass is 19.4. The number of ether oxygens (including phenoxy) is 1. The van der Waals surface area contributed by atoms with Crippen LogP contribution in [0.1, 0.15) is 5.56 Å². The molecule has 0 unspecified atom stereocenters. The van der Waals surface area contributed by atoms with Crippen LogP contribution in [0.25, 0.3) is 0 Å². The van der Waals surface area contributed by atoms with Crippen LogP contribution in [0.4, 0.5) is 42.6 Å². The highest BCUT2D eigenvalue weighted by Crippen LogP contribution is 2.30. The SMILES string of the molecule is O=C(Nc1ccc(OC(F)(F)F)cc1)Nc1cc(C(F)(F)F)ccn1. The van der Waals surface area contributed by atoms with Crippen LogP contribution in [-0.2, 0) is 6.18 Å². The van der Waals surface area contributed by atoms with E-state index in [1.165, 1.54) is 0 Å². The Morgan fingerprint density at radius 2 is 1.60 bits per heavy atom. The molecule has 0 radical (unpaired) electrons. The molecule has 5 nitrogen and oxygen atoms in total. The molecule has 134 valence electrons. The van der Waals surface area contributed by atoms with Crippen LogP contribution in [0.2, 0.25) is 0 Å². The molecule has 0 saturated carbocycles. The molecule has 0 aliphatic carbocycles. The second kappa shape index (κ2) is 6.87. The Labute approximate surface area is 136 Å². The normalized spacial score (nSPS) is 11.8. The number of benzene rings is 1. The highest BCUT2D eigenvalue weighted by Gasteiger charge is 2.31. The molecule has 0 atom stereocenters. The Balaban J connectivity index is 1.99. The first-order chi connectivity index (χ1) is 11.5. The number of hydrogen-bond donors (Lipinski definition) is 2. The predicted octanol–water partition coefficient (Wildman–Crippen LogP) is 4.64. The third kappa shape index (κ3) is 5.86. The Bertz CT molecular complexity index is 743. The van der Waals surface area contributed by atoms with E-state index in [2.05, 4.69) is 20.4 Å². The van der Waals surface area contributed by atoms with Crippen molar-refractivity contribution in [3.05, 3.63) is 48.2 Å². The van der Waals surface area contributed by atoms with Gasteiger partial charge in [-0.05, 0) is 36.4 Å². The zero-order chi connectivity index (χ0) is 18.7. The largest absolute Gasteiger partial charge is 0.573 e. The van der Waals surface area contributed by atoms with Gasteiger partial charge in [0, 0.05) is 11.9 Å². The first-order valence-corrected chi connectivity index (χ1v) is 6.50. The van der Waals surface area contributed by atoms with Crippen LogP contribution in [0, 0.1) is 0 Å². The summed E-state index contributed by atoms with van der Waals surface area (Å²) in [5.74, 6) is -0.831. The number of carbonyl (C=O) groups excluding carboxylic acids is 1. The van der Waals surface area contributed by atoms with Gasteiger partial charge in [0.25, 0.3) is 0 Å². The fourth-order valence-corrected chi connectivity index (χ4v) is 1.69. The maximum Gasteiger partial charge on any atom is 0.573 e. The van der Waals surface area contributed by atoms with E-state index in [9.17, 15) is 31.1 Å². The van der Waals surface area contributed by atoms with E-state index in [4.69, 9.17) is 0 Å². The van der Waals surface area contributed by atoms with Crippen LogP contribution in [0.5, 0.6) is 5.75 Å². The summed E-state index contributed by atoms with van der Waals surface area (Å²) in [5.41, 5.74) is -0.898. The molecule has 11 heteroatoms. The van der Waals surface area contributed by atoms with Gasteiger partial charge in [0.05, 0.1) is 5.56 Å². The molecule has 2 N–H and O–H groups in total. The molecule has 0 fully saturated rings. The van der Waals surface area contributed by atoms with Gasteiger partial charge >= 0.3 is 18.6 Å². The molecule has 25 heavy (non-hydrogen) atoms. The Morgan fingerprint density at radius 1 is 0.960 bits per heavy atom. The van der Waals surface area contributed by atoms with Crippen molar-refractivity contribution in [1.82, 2.24) is 4.98 Å². The summed E-state index contributed by atoms with van der Waals surface area (Å²) in [5, 5.41) is 4.31. The van der Waals surface area contributed by atoms with E-state index in [-0.39, 0.29) is 11.5 Å². The first-order valence-electron chi connectivity index (χ1n) is 6.50. The zero-order valence-corrected chi connectivity index (χ0v) is 12.1. The number of nitrogens with one attached hydrogen (secondary N) is 2. The molecule has 1 aromatic carbocycles. The van der Waals surface area contributed by atoms with Crippen molar-refractivity contribution in [2.45, 2.75) is 12.5 Å². The first kappa shape index (κ1) is 18.4. The molecule has 0 spiro atoms. The number of pyridine rings is 1. The van der Waals surface area contributed by atoms with Crippen LogP contribution in [0.3, 0.4) is 0 Å². The number of carbonyl (C=O) groups is 1. The number of amides is 2. The standard InChI is InChI=1S/C14H9F6N3O2/c15-13(16,17)8-5-6-21-11(7-8)23-12(24)22-9-1-3-10(4-2-9)25-14(18,19)20/h1-7H,(H2,21,22,23,24). The van der Waals surface area contributed by atoms with Gasteiger partial charge in [-0.15, -0.1) is 13.2 Å². The van der Waals surface area contributed by atoms with Crippen LogP contribution in [0.15, 0.2) is 42.6 Å². The molecule has 1 heterocycles. The minimum absolute atomic E-state index is 0.0963. The summed E-state index contributed by atoms with van der Waals surface area (Å²) in [7, 11) is 0. The number of hydrogen-bond acceptors (Lipinski definition) is 3. The molecule has 0 aliphatic rings. The van der Waals surface area contributed by atoms with Crippen molar-refractivity contribution in [2.24, 2.45) is 0 Å². The average Bonchev–Trinajstić information content (AvgIpc) is 2.47. The van der Waals surface area contributed by atoms with Gasteiger partial charge in [-0.25, -0.2) is 9.78 Å². The summed E-state index contributed by atoms with van der Waals surface area (Å²) in [6, 6.07) is 4.64. The second-order valence-electron chi connectivity index (χ2n) is 4.58. The van der Waals surface area contributed by atoms with Gasteiger partial charge in [0.1, 0.15) is 11.6 Å². The number of nitrogens with zero attached hydrogens (tertiary/aromatic N) is 1. The minimum atomic E-state index is -4.85. The van der Waals surface area contributed by atoms with Crippen LogP contribution in [-0.4, -0.2) is 17.4 Å². The fraction of sp³-hybridized carbons (Fsp3) is 0.143. The van der Waals surface area contributed by atoms with Gasteiger partial charge < -0.3 is 10.1 Å². The number of alkyl halides is 6. The Kier molecular flexibility index (Phi) is 5.04. The average molecular weight is 365 g/mol. The van der Waals surface area contributed by atoms with Crippen molar-refractivity contribution in [3.8, 4) is 5.75 Å². The molecule has 2 aromatic rings. The minimum Gasteiger partial charge on any atom is -0.406 e. The molecule has 2 amide bonds. The molecule has 2 rings (SSSR count).